The lowest BCUT2D eigenvalue weighted by Crippen LogP contribution is -2.52. The summed E-state index contributed by atoms with van der Waals surface area (Å²) in [5.74, 6) is -0.846. The third kappa shape index (κ3) is 3.13. The molecule has 0 bridgehead atoms. The van der Waals surface area contributed by atoms with Crippen LogP contribution in [0.1, 0.15) is 12.5 Å². The highest BCUT2D eigenvalue weighted by Gasteiger charge is 2.40. The van der Waals surface area contributed by atoms with Gasteiger partial charge in [-0.1, -0.05) is 30.3 Å². The molecule has 1 aromatic carbocycles. The number of hydrogen-bond donors (Lipinski definition) is 2. The third-order valence-electron chi connectivity index (χ3n) is 3.38. The fourth-order valence-corrected chi connectivity index (χ4v) is 3.49. The van der Waals surface area contributed by atoms with E-state index in [-0.39, 0.29) is 11.3 Å². The lowest BCUT2D eigenvalue weighted by Gasteiger charge is -2.27. The second kappa shape index (κ2) is 6.28. The SMILES string of the molecule is CC1SCC(C(=O)O)N1C(=O)[C@@H](N)Cc1ccccc1. The van der Waals surface area contributed by atoms with E-state index in [0.29, 0.717) is 12.2 Å². The number of carbonyl (C=O) groups is 2. The fourth-order valence-electron chi connectivity index (χ4n) is 2.31. The molecule has 1 saturated heterocycles. The van der Waals surface area contributed by atoms with Crippen molar-refractivity contribution in [1.29, 1.82) is 0 Å². The Bertz CT molecular complexity index is 494. The molecule has 1 fully saturated rings. The molecule has 0 aromatic heterocycles. The predicted octanol–water partition coefficient (Wildman–Crippen LogP) is 0.931. The molecule has 3 N–H and O–H groups in total. The van der Waals surface area contributed by atoms with E-state index in [4.69, 9.17) is 5.73 Å². The summed E-state index contributed by atoms with van der Waals surface area (Å²) in [5.41, 5.74) is 6.93. The third-order valence-corrected chi connectivity index (χ3v) is 4.60. The smallest absolute Gasteiger partial charge is 0.327 e. The van der Waals surface area contributed by atoms with Crippen LogP contribution in [0.25, 0.3) is 0 Å². The van der Waals surface area contributed by atoms with Crippen molar-refractivity contribution in [1.82, 2.24) is 4.90 Å². The number of rotatable bonds is 4. The molecule has 3 atom stereocenters. The fraction of sp³-hybridized carbons (Fsp3) is 0.429. The van der Waals surface area contributed by atoms with E-state index in [0.717, 1.165) is 5.56 Å². The van der Waals surface area contributed by atoms with Gasteiger partial charge in [0, 0.05) is 5.75 Å². The number of carboxylic acid groups (broad SMARTS) is 1. The van der Waals surface area contributed by atoms with Crippen LogP contribution in [0.3, 0.4) is 0 Å². The molecule has 0 saturated carbocycles. The van der Waals surface area contributed by atoms with E-state index in [1.165, 1.54) is 16.7 Å². The second-order valence-corrected chi connectivity index (χ2v) is 6.18. The summed E-state index contributed by atoms with van der Waals surface area (Å²) in [4.78, 5) is 25.0. The molecular weight excluding hydrogens is 276 g/mol. The first-order valence-electron chi connectivity index (χ1n) is 6.47. The van der Waals surface area contributed by atoms with Crippen molar-refractivity contribution in [3.63, 3.8) is 0 Å². The van der Waals surface area contributed by atoms with E-state index >= 15 is 0 Å². The van der Waals surface area contributed by atoms with Gasteiger partial charge < -0.3 is 15.7 Å². The predicted molar refractivity (Wildman–Crippen MR) is 78.3 cm³/mol. The largest absolute Gasteiger partial charge is 0.480 e. The minimum atomic E-state index is -0.970. The van der Waals surface area contributed by atoms with Crippen molar-refractivity contribution in [2.45, 2.75) is 30.8 Å². The first-order chi connectivity index (χ1) is 9.50. The Morgan fingerprint density at radius 1 is 1.45 bits per heavy atom. The average molecular weight is 294 g/mol. The molecule has 5 nitrogen and oxygen atoms in total. The summed E-state index contributed by atoms with van der Waals surface area (Å²) in [6.07, 6.45) is 0.417. The highest BCUT2D eigenvalue weighted by Crippen LogP contribution is 2.29. The summed E-state index contributed by atoms with van der Waals surface area (Å²) >= 11 is 1.46. The zero-order valence-corrected chi connectivity index (χ0v) is 12.0. The van der Waals surface area contributed by atoms with Crippen LogP contribution in [0.2, 0.25) is 0 Å². The van der Waals surface area contributed by atoms with Crippen molar-refractivity contribution >= 4 is 23.6 Å². The van der Waals surface area contributed by atoms with Crippen LogP contribution < -0.4 is 5.73 Å². The average Bonchev–Trinajstić information content (AvgIpc) is 2.81. The van der Waals surface area contributed by atoms with Gasteiger partial charge in [0.2, 0.25) is 5.91 Å². The van der Waals surface area contributed by atoms with Gasteiger partial charge in [0.15, 0.2) is 0 Å². The summed E-state index contributed by atoms with van der Waals surface area (Å²) < 4.78 is 0. The van der Waals surface area contributed by atoms with Gasteiger partial charge in [-0.25, -0.2) is 4.79 Å². The van der Waals surface area contributed by atoms with Crippen LogP contribution in [0.15, 0.2) is 30.3 Å². The van der Waals surface area contributed by atoms with Crippen molar-refractivity contribution < 1.29 is 14.7 Å². The van der Waals surface area contributed by atoms with Gasteiger partial charge in [-0.15, -0.1) is 11.8 Å². The number of nitrogens with two attached hydrogens (primary N) is 1. The second-order valence-electron chi connectivity index (χ2n) is 4.83. The van der Waals surface area contributed by atoms with Crippen LogP contribution in [0.4, 0.5) is 0 Å². The van der Waals surface area contributed by atoms with Gasteiger partial charge in [-0.3, -0.25) is 4.79 Å². The summed E-state index contributed by atoms with van der Waals surface area (Å²) in [6, 6.07) is 8.01. The van der Waals surface area contributed by atoms with Crippen LogP contribution in [-0.4, -0.2) is 45.1 Å². The van der Waals surface area contributed by atoms with Crippen LogP contribution in [0.5, 0.6) is 0 Å². The minimum absolute atomic E-state index is 0.148. The van der Waals surface area contributed by atoms with Gasteiger partial charge in [-0.2, -0.15) is 0 Å². The Labute approximate surface area is 122 Å². The van der Waals surface area contributed by atoms with E-state index < -0.39 is 18.1 Å². The van der Waals surface area contributed by atoms with Crippen LogP contribution in [-0.2, 0) is 16.0 Å². The van der Waals surface area contributed by atoms with Gasteiger partial charge in [-0.05, 0) is 18.9 Å². The standard InChI is InChI=1S/C14H18N2O3S/c1-9-16(12(8-20-9)14(18)19)13(17)11(15)7-10-5-3-2-4-6-10/h2-6,9,11-12H,7-8,15H2,1H3,(H,18,19)/t9?,11-,12?/m0/s1. The maximum atomic E-state index is 12.4. The number of hydrogen-bond acceptors (Lipinski definition) is 4. The summed E-state index contributed by atoms with van der Waals surface area (Å²) in [7, 11) is 0. The van der Waals surface area contributed by atoms with Crippen LogP contribution in [0, 0.1) is 0 Å². The Balaban J connectivity index is 2.07. The van der Waals surface area contributed by atoms with Gasteiger partial charge >= 0.3 is 5.97 Å². The first-order valence-corrected chi connectivity index (χ1v) is 7.51. The molecule has 1 aromatic rings. The van der Waals surface area contributed by atoms with E-state index in [2.05, 4.69) is 0 Å². The minimum Gasteiger partial charge on any atom is -0.480 e. The van der Waals surface area contributed by atoms with Gasteiger partial charge in [0.05, 0.1) is 11.4 Å². The zero-order chi connectivity index (χ0) is 14.7. The molecule has 0 spiro atoms. The molecule has 20 heavy (non-hydrogen) atoms. The lowest BCUT2D eigenvalue weighted by molar-refractivity contribution is -0.149. The molecule has 1 heterocycles. The molecular formula is C14H18N2O3S. The van der Waals surface area contributed by atoms with Crippen molar-refractivity contribution in [3.05, 3.63) is 35.9 Å². The number of carbonyl (C=O) groups excluding carboxylic acids is 1. The monoisotopic (exact) mass is 294 g/mol. The number of carboxylic acids is 1. The van der Waals surface area contributed by atoms with E-state index in [1.807, 2.05) is 37.3 Å². The maximum Gasteiger partial charge on any atom is 0.327 e. The Kier molecular flexibility index (Phi) is 4.67. The van der Waals surface area contributed by atoms with Crippen molar-refractivity contribution in [2.24, 2.45) is 5.73 Å². The maximum absolute atomic E-state index is 12.4. The van der Waals surface area contributed by atoms with Gasteiger partial charge in [0.1, 0.15) is 6.04 Å². The van der Waals surface area contributed by atoms with E-state index in [1.54, 1.807) is 0 Å². The molecule has 0 radical (unpaired) electrons. The number of thioether (sulfide) groups is 1. The Morgan fingerprint density at radius 3 is 2.70 bits per heavy atom. The number of benzene rings is 1. The number of nitrogens with zero attached hydrogens (tertiary/aromatic N) is 1. The molecule has 1 amide bonds. The summed E-state index contributed by atoms with van der Waals surface area (Å²) in [6.45, 7) is 1.83. The summed E-state index contributed by atoms with van der Waals surface area (Å²) in [5, 5.41) is 9.03. The van der Waals surface area contributed by atoms with E-state index in [9.17, 15) is 14.7 Å². The Hall–Kier alpha value is -1.53. The Morgan fingerprint density at radius 2 is 2.10 bits per heavy atom. The highest BCUT2D eigenvalue weighted by atomic mass is 32.2. The molecule has 2 rings (SSSR count). The van der Waals surface area contributed by atoms with Crippen molar-refractivity contribution in [3.8, 4) is 0 Å². The highest BCUT2D eigenvalue weighted by molar-refractivity contribution is 8.00. The number of amides is 1. The topological polar surface area (TPSA) is 83.6 Å². The molecule has 0 aliphatic carbocycles. The zero-order valence-electron chi connectivity index (χ0n) is 11.2. The van der Waals surface area contributed by atoms with Gasteiger partial charge in [0.25, 0.3) is 0 Å². The molecule has 2 unspecified atom stereocenters. The lowest BCUT2D eigenvalue weighted by atomic mass is 10.0. The number of aliphatic carboxylic acids is 1. The molecule has 6 heteroatoms. The van der Waals surface area contributed by atoms with Crippen LogP contribution >= 0.6 is 11.8 Å². The normalized spacial score (nSPS) is 23.6. The van der Waals surface area contributed by atoms with Crippen molar-refractivity contribution in [2.75, 3.05) is 5.75 Å². The molecule has 108 valence electrons. The molecule has 1 aliphatic heterocycles. The first kappa shape index (κ1) is 14.9. The molecule has 1 aliphatic rings. The quantitative estimate of drug-likeness (QED) is 0.863.